The number of nitrogens with zero attached hydrogens (tertiary/aromatic N) is 1. The highest BCUT2D eigenvalue weighted by Crippen LogP contribution is 2.24. The maximum atomic E-state index is 9.30. The van der Waals surface area contributed by atoms with Crippen LogP contribution in [-0.2, 0) is 18.6 Å². The molecule has 0 radical (unpaired) electrons. The van der Waals surface area contributed by atoms with Crippen LogP contribution in [0.3, 0.4) is 0 Å². The van der Waals surface area contributed by atoms with Gasteiger partial charge in [0.25, 0.3) is 0 Å². The normalized spacial score (nSPS) is 11.6. The minimum Gasteiger partial charge on any atom is -0.469 e. The Hall–Kier alpha value is -1.81. The maximum Gasteiger partial charge on any atom is 0.214 e. The molecule has 2 heterocycles. The molecule has 2 aromatic heterocycles. The Bertz CT molecular complexity index is 527. The third kappa shape index (κ3) is 3.58. The molecule has 0 amide bonds. The lowest BCUT2D eigenvalue weighted by atomic mass is 9.91. The first-order valence-corrected chi connectivity index (χ1v) is 6.26. The Morgan fingerprint density at radius 1 is 1.32 bits per heavy atom. The first-order valence-electron chi connectivity index (χ1n) is 6.26. The smallest absolute Gasteiger partial charge is 0.214 e. The summed E-state index contributed by atoms with van der Waals surface area (Å²) < 4.78 is 10.8. The van der Waals surface area contributed by atoms with Crippen LogP contribution >= 0.6 is 0 Å². The van der Waals surface area contributed by atoms with Crippen molar-refractivity contribution >= 4 is 0 Å². The van der Waals surface area contributed by atoms with E-state index in [1.54, 1.807) is 12.3 Å². The summed E-state index contributed by atoms with van der Waals surface area (Å²) in [7, 11) is 0. The van der Waals surface area contributed by atoms with E-state index in [1.807, 2.05) is 18.2 Å². The number of furan rings is 1. The molecule has 0 spiro atoms. The number of aliphatic hydroxyl groups excluding tert-OH is 1. The molecule has 2 rings (SSSR count). The molecule has 0 bridgehead atoms. The third-order valence-corrected chi connectivity index (χ3v) is 2.76. The molecular formula is C15H19NO3. The predicted octanol–water partition coefficient (Wildman–Crippen LogP) is 3.04. The maximum absolute atomic E-state index is 9.30. The summed E-state index contributed by atoms with van der Waals surface area (Å²) in [5, 5.41) is 9.30. The Morgan fingerprint density at radius 2 is 2.11 bits per heavy atom. The average Bonchev–Trinajstić information content (AvgIpc) is 2.88. The van der Waals surface area contributed by atoms with E-state index in [0.29, 0.717) is 12.5 Å². The van der Waals surface area contributed by atoms with Crippen LogP contribution < -0.4 is 4.74 Å². The molecular weight excluding hydrogens is 242 g/mol. The summed E-state index contributed by atoms with van der Waals surface area (Å²) >= 11 is 0. The fourth-order valence-electron chi connectivity index (χ4n) is 1.65. The van der Waals surface area contributed by atoms with E-state index in [2.05, 4.69) is 25.8 Å². The number of pyridine rings is 1. The lowest BCUT2D eigenvalue weighted by molar-refractivity contribution is 0.254. The zero-order valence-electron chi connectivity index (χ0n) is 11.5. The minimum absolute atomic E-state index is 0.0251. The molecule has 0 saturated carbocycles. The van der Waals surface area contributed by atoms with Crippen molar-refractivity contribution in [1.29, 1.82) is 0 Å². The molecule has 0 atom stereocenters. The van der Waals surface area contributed by atoms with Gasteiger partial charge in [-0.3, -0.25) is 0 Å². The van der Waals surface area contributed by atoms with Gasteiger partial charge in [-0.2, -0.15) is 0 Å². The van der Waals surface area contributed by atoms with Crippen molar-refractivity contribution in [2.45, 2.75) is 39.4 Å². The standard InChI is InChI=1S/C15H19NO3/c1-15(2,3)13-7-11(9-17)8-14(16-13)19-10-12-5-4-6-18-12/h4-8,17H,9-10H2,1-3H3. The van der Waals surface area contributed by atoms with Gasteiger partial charge in [-0.25, -0.2) is 4.98 Å². The molecule has 0 fully saturated rings. The van der Waals surface area contributed by atoms with Gasteiger partial charge in [0.1, 0.15) is 12.4 Å². The molecule has 102 valence electrons. The average molecular weight is 261 g/mol. The van der Waals surface area contributed by atoms with E-state index in [0.717, 1.165) is 17.0 Å². The van der Waals surface area contributed by atoms with Crippen LogP contribution in [0.2, 0.25) is 0 Å². The first kappa shape index (κ1) is 13.6. The number of hydrogen-bond acceptors (Lipinski definition) is 4. The van der Waals surface area contributed by atoms with Crippen molar-refractivity contribution in [2.75, 3.05) is 0 Å². The number of ether oxygens (including phenoxy) is 1. The number of aliphatic hydroxyl groups is 1. The number of rotatable bonds is 4. The van der Waals surface area contributed by atoms with Gasteiger partial charge in [0.05, 0.1) is 18.6 Å². The molecule has 1 N–H and O–H groups in total. The molecule has 19 heavy (non-hydrogen) atoms. The second kappa shape index (κ2) is 5.45. The molecule has 0 unspecified atom stereocenters. The van der Waals surface area contributed by atoms with Crippen molar-refractivity contribution in [1.82, 2.24) is 4.98 Å². The molecule has 0 aliphatic heterocycles. The zero-order chi connectivity index (χ0) is 13.9. The lowest BCUT2D eigenvalue weighted by Gasteiger charge is -2.19. The van der Waals surface area contributed by atoms with Crippen molar-refractivity contribution in [3.05, 3.63) is 47.5 Å². The Balaban J connectivity index is 2.19. The van der Waals surface area contributed by atoms with Gasteiger partial charge in [-0.1, -0.05) is 20.8 Å². The van der Waals surface area contributed by atoms with E-state index in [4.69, 9.17) is 9.15 Å². The van der Waals surface area contributed by atoms with Crippen LogP contribution in [0.1, 0.15) is 37.8 Å². The fourth-order valence-corrected chi connectivity index (χ4v) is 1.65. The molecule has 0 aromatic carbocycles. The largest absolute Gasteiger partial charge is 0.469 e. The lowest BCUT2D eigenvalue weighted by Crippen LogP contribution is -2.14. The summed E-state index contributed by atoms with van der Waals surface area (Å²) in [5.41, 5.74) is 1.61. The van der Waals surface area contributed by atoms with Gasteiger partial charge >= 0.3 is 0 Å². The van der Waals surface area contributed by atoms with Gasteiger partial charge in [0, 0.05) is 11.5 Å². The molecule has 2 aromatic rings. The SMILES string of the molecule is CC(C)(C)c1cc(CO)cc(OCc2ccco2)n1. The number of aromatic nitrogens is 1. The molecule has 0 aliphatic rings. The molecule has 4 nitrogen and oxygen atoms in total. The van der Waals surface area contributed by atoms with Gasteiger partial charge in [-0.15, -0.1) is 0 Å². The number of hydrogen-bond donors (Lipinski definition) is 1. The van der Waals surface area contributed by atoms with Crippen LogP contribution in [0.25, 0.3) is 0 Å². The second-order valence-corrected chi connectivity index (χ2v) is 5.48. The van der Waals surface area contributed by atoms with Crippen LogP contribution in [0.4, 0.5) is 0 Å². The van der Waals surface area contributed by atoms with E-state index in [9.17, 15) is 5.11 Å². The van der Waals surface area contributed by atoms with Crippen molar-refractivity contribution in [3.63, 3.8) is 0 Å². The zero-order valence-corrected chi connectivity index (χ0v) is 11.5. The second-order valence-electron chi connectivity index (χ2n) is 5.48. The van der Waals surface area contributed by atoms with E-state index < -0.39 is 0 Å². The van der Waals surface area contributed by atoms with Crippen molar-refractivity contribution in [3.8, 4) is 5.88 Å². The van der Waals surface area contributed by atoms with E-state index in [1.165, 1.54) is 0 Å². The summed E-state index contributed by atoms with van der Waals surface area (Å²) in [6, 6.07) is 7.31. The van der Waals surface area contributed by atoms with Crippen LogP contribution in [0.15, 0.2) is 34.9 Å². The van der Waals surface area contributed by atoms with E-state index >= 15 is 0 Å². The monoisotopic (exact) mass is 261 g/mol. The predicted molar refractivity (Wildman–Crippen MR) is 71.9 cm³/mol. The highest BCUT2D eigenvalue weighted by molar-refractivity contribution is 5.28. The van der Waals surface area contributed by atoms with Crippen LogP contribution in [-0.4, -0.2) is 10.1 Å². The Labute approximate surface area is 113 Å². The quantitative estimate of drug-likeness (QED) is 0.919. The highest BCUT2D eigenvalue weighted by atomic mass is 16.5. The van der Waals surface area contributed by atoms with Crippen LogP contribution in [0, 0.1) is 0 Å². The van der Waals surface area contributed by atoms with Gasteiger partial charge in [0.2, 0.25) is 5.88 Å². The summed E-state index contributed by atoms with van der Waals surface area (Å²) in [4.78, 5) is 4.48. The van der Waals surface area contributed by atoms with Crippen molar-refractivity contribution < 1.29 is 14.3 Å². The Morgan fingerprint density at radius 3 is 2.68 bits per heavy atom. The summed E-state index contributed by atoms with van der Waals surface area (Å²) in [6.45, 7) is 6.54. The first-order chi connectivity index (χ1) is 8.99. The van der Waals surface area contributed by atoms with Crippen molar-refractivity contribution in [2.24, 2.45) is 0 Å². The van der Waals surface area contributed by atoms with Crippen LogP contribution in [0.5, 0.6) is 5.88 Å². The topological polar surface area (TPSA) is 55.5 Å². The highest BCUT2D eigenvalue weighted by Gasteiger charge is 2.17. The molecule has 0 aliphatic carbocycles. The fraction of sp³-hybridized carbons (Fsp3) is 0.400. The molecule has 4 heteroatoms. The minimum atomic E-state index is -0.0893. The summed E-state index contributed by atoms with van der Waals surface area (Å²) in [5.74, 6) is 1.25. The van der Waals surface area contributed by atoms with Gasteiger partial charge < -0.3 is 14.3 Å². The summed E-state index contributed by atoms with van der Waals surface area (Å²) in [6.07, 6.45) is 1.61. The van der Waals surface area contributed by atoms with E-state index in [-0.39, 0.29) is 12.0 Å². The third-order valence-electron chi connectivity index (χ3n) is 2.76. The van der Waals surface area contributed by atoms with Gasteiger partial charge in [0.15, 0.2) is 0 Å². The molecule has 0 saturated heterocycles. The Kier molecular flexibility index (Phi) is 3.90. The van der Waals surface area contributed by atoms with Gasteiger partial charge in [-0.05, 0) is 23.8 Å².